The van der Waals surface area contributed by atoms with Crippen LogP contribution in [0.3, 0.4) is 0 Å². The molecule has 1 aromatic carbocycles. The van der Waals surface area contributed by atoms with Crippen molar-refractivity contribution in [3.63, 3.8) is 0 Å². The highest BCUT2D eigenvalue weighted by Crippen LogP contribution is 2.09. The van der Waals surface area contributed by atoms with E-state index in [4.69, 9.17) is 0 Å². The number of carbonyl (C=O) groups is 1. The van der Waals surface area contributed by atoms with E-state index < -0.39 is 0 Å². The SMILES string of the molecule is CCN(Cc1nc2ccccc2c(=O)[nH]1)C(=O)c1cc(=O)[nH]n1C. The number of fused-ring (bicyclic) bond motifs is 1. The molecule has 2 aromatic heterocycles. The van der Waals surface area contributed by atoms with Crippen molar-refractivity contribution in [3.05, 3.63) is 62.6 Å². The summed E-state index contributed by atoms with van der Waals surface area (Å²) in [6, 6.07) is 8.27. The molecule has 0 radical (unpaired) electrons. The Labute approximate surface area is 136 Å². The zero-order valence-corrected chi connectivity index (χ0v) is 13.4. The number of benzene rings is 1. The van der Waals surface area contributed by atoms with E-state index in [1.54, 1.807) is 31.3 Å². The average Bonchev–Trinajstić information content (AvgIpc) is 2.90. The fraction of sp³-hybridized carbons (Fsp3) is 0.250. The Kier molecular flexibility index (Phi) is 4.03. The minimum absolute atomic E-state index is 0.148. The second-order valence-corrected chi connectivity index (χ2v) is 5.41. The summed E-state index contributed by atoms with van der Waals surface area (Å²) < 4.78 is 1.38. The summed E-state index contributed by atoms with van der Waals surface area (Å²) in [5.41, 5.74) is 0.251. The molecule has 0 saturated carbocycles. The van der Waals surface area contributed by atoms with E-state index in [9.17, 15) is 14.4 Å². The van der Waals surface area contributed by atoms with E-state index in [-0.39, 0.29) is 29.3 Å². The first-order valence-corrected chi connectivity index (χ1v) is 7.53. The molecule has 2 heterocycles. The molecule has 3 aromatic rings. The van der Waals surface area contributed by atoms with Crippen LogP contribution < -0.4 is 11.1 Å². The lowest BCUT2D eigenvalue weighted by Gasteiger charge is -2.20. The first-order valence-electron chi connectivity index (χ1n) is 7.53. The van der Waals surface area contributed by atoms with Crippen molar-refractivity contribution in [2.45, 2.75) is 13.5 Å². The molecule has 24 heavy (non-hydrogen) atoms. The molecule has 0 bridgehead atoms. The fourth-order valence-electron chi connectivity index (χ4n) is 2.56. The molecule has 0 unspecified atom stereocenters. The fourth-order valence-corrected chi connectivity index (χ4v) is 2.56. The first-order chi connectivity index (χ1) is 11.5. The Balaban J connectivity index is 1.93. The minimum Gasteiger partial charge on any atom is -0.330 e. The van der Waals surface area contributed by atoms with E-state index in [0.717, 1.165) is 0 Å². The van der Waals surface area contributed by atoms with Crippen LogP contribution in [-0.2, 0) is 13.6 Å². The highest BCUT2D eigenvalue weighted by Gasteiger charge is 2.19. The van der Waals surface area contributed by atoms with Crippen LogP contribution in [0.4, 0.5) is 0 Å². The van der Waals surface area contributed by atoms with Gasteiger partial charge < -0.3 is 9.88 Å². The number of carbonyl (C=O) groups excluding carboxylic acids is 1. The van der Waals surface area contributed by atoms with Gasteiger partial charge in [0, 0.05) is 19.7 Å². The van der Waals surface area contributed by atoms with Crippen molar-refractivity contribution in [2.24, 2.45) is 7.05 Å². The average molecular weight is 327 g/mol. The van der Waals surface area contributed by atoms with Gasteiger partial charge in [0.2, 0.25) is 0 Å². The number of hydrogen-bond donors (Lipinski definition) is 2. The van der Waals surface area contributed by atoms with Crippen LogP contribution in [0.2, 0.25) is 0 Å². The maximum atomic E-state index is 12.6. The third-order valence-corrected chi connectivity index (χ3v) is 3.80. The number of nitrogens with one attached hydrogen (secondary N) is 2. The van der Waals surface area contributed by atoms with E-state index in [1.165, 1.54) is 15.6 Å². The molecular weight excluding hydrogens is 310 g/mol. The largest absolute Gasteiger partial charge is 0.330 e. The van der Waals surface area contributed by atoms with Gasteiger partial charge in [-0.25, -0.2) is 4.98 Å². The van der Waals surface area contributed by atoms with Crippen LogP contribution in [0.5, 0.6) is 0 Å². The van der Waals surface area contributed by atoms with Gasteiger partial charge >= 0.3 is 0 Å². The lowest BCUT2D eigenvalue weighted by Crippen LogP contribution is -2.33. The predicted molar refractivity (Wildman–Crippen MR) is 88.8 cm³/mol. The van der Waals surface area contributed by atoms with Gasteiger partial charge in [-0.05, 0) is 19.1 Å². The second-order valence-electron chi connectivity index (χ2n) is 5.41. The Hall–Kier alpha value is -3.16. The summed E-state index contributed by atoms with van der Waals surface area (Å²) in [6.07, 6.45) is 0. The topological polar surface area (TPSA) is 104 Å². The number of para-hydroxylation sites is 1. The van der Waals surface area contributed by atoms with Gasteiger partial charge in [0.15, 0.2) is 0 Å². The van der Waals surface area contributed by atoms with Crippen LogP contribution in [0.25, 0.3) is 10.9 Å². The number of aromatic amines is 2. The van der Waals surface area contributed by atoms with E-state index >= 15 is 0 Å². The molecule has 2 N–H and O–H groups in total. The third-order valence-electron chi connectivity index (χ3n) is 3.80. The lowest BCUT2D eigenvalue weighted by molar-refractivity contribution is 0.0737. The van der Waals surface area contributed by atoms with E-state index in [2.05, 4.69) is 15.1 Å². The molecule has 0 aliphatic rings. The summed E-state index contributed by atoms with van der Waals surface area (Å²) >= 11 is 0. The van der Waals surface area contributed by atoms with Gasteiger partial charge in [0.1, 0.15) is 11.5 Å². The number of nitrogens with zero attached hydrogens (tertiary/aromatic N) is 3. The van der Waals surface area contributed by atoms with E-state index in [1.807, 2.05) is 6.92 Å². The normalized spacial score (nSPS) is 10.9. The molecule has 3 rings (SSSR count). The molecule has 0 spiro atoms. The second kappa shape index (κ2) is 6.15. The number of aryl methyl sites for hydroxylation is 1. The lowest BCUT2D eigenvalue weighted by atomic mass is 10.2. The standard InChI is InChI=1S/C16H17N5O3/c1-3-21(16(24)12-8-14(22)19-20(12)2)9-13-17-11-7-5-4-6-10(11)15(23)18-13/h4-8H,3,9H2,1-2H3,(H,19,22)(H,17,18,23). The monoisotopic (exact) mass is 327 g/mol. The first kappa shape index (κ1) is 15.7. The highest BCUT2D eigenvalue weighted by molar-refractivity contribution is 5.92. The molecule has 0 aliphatic carbocycles. The van der Waals surface area contributed by atoms with Gasteiger partial charge in [-0.3, -0.25) is 24.2 Å². The van der Waals surface area contributed by atoms with Gasteiger partial charge in [0.05, 0.1) is 17.4 Å². The molecule has 8 nitrogen and oxygen atoms in total. The minimum atomic E-state index is -0.339. The number of amides is 1. The number of rotatable bonds is 4. The Morgan fingerprint density at radius 1 is 1.29 bits per heavy atom. The Morgan fingerprint density at radius 3 is 2.71 bits per heavy atom. The zero-order valence-electron chi connectivity index (χ0n) is 13.4. The van der Waals surface area contributed by atoms with Crippen molar-refractivity contribution in [3.8, 4) is 0 Å². The van der Waals surface area contributed by atoms with Gasteiger partial charge in [-0.2, -0.15) is 0 Å². The molecule has 0 fully saturated rings. The summed E-state index contributed by atoms with van der Waals surface area (Å²) in [5.74, 6) is 0.0867. The zero-order chi connectivity index (χ0) is 17.3. The van der Waals surface area contributed by atoms with Crippen molar-refractivity contribution >= 4 is 16.8 Å². The van der Waals surface area contributed by atoms with Gasteiger partial charge in [-0.15, -0.1) is 0 Å². The van der Waals surface area contributed by atoms with Crippen LogP contribution in [0.15, 0.2) is 39.9 Å². The number of hydrogen-bond acceptors (Lipinski definition) is 4. The smallest absolute Gasteiger partial charge is 0.272 e. The molecular formula is C16H17N5O3. The molecule has 0 saturated heterocycles. The van der Waals surface area contributed by atoms with Crippen molar-refractivity contribution in [1.29, 1.82) is 0 Å². The van der Waals surface area contributed by atoms with Crippen LogP contribution in [0.1, 0.15) is 23.2 Å². The third kappa shape index (κ3) is 2.85. The van der Waals surface area contributed by atoms with Gasteiger partial charge in [0.25, 0.3) is 17.0 Å². The van der Waals surface area contributed by atoms with Crippen LogP contribution in [0, 0.1) is 0 Å². The quantitative estimate of drug-likeness (QED) is 0.732. The molecule has 1 amide bonds. The van der Waals surface area contributed by atoms with E-state index in [0.29, 0.717) is 23.3 Å². The highest BCUT2D eigenvalue weighted by atomic mass is 16.2. The van der Waals surface area contributed by atoms with Gasteiger partial charge in [-0.1, -0.05) is 12.1 Å². The maximum absolute atomic E-state index is 12.6. The van der Waals surface area contributed by atoms with Crippen molar-refractivity contribution in [2.75, 3.05) is 6.54 Å². The summed E-state index contributed by atoms with van der Waals surface area (Å²) in [5, 5.41) is 3.01. The van der Waals surface area contributed by atoms with Crippen LogP contribution >= 0.6 is 0 Å². The summed E-state index contributed by atoms with van der Waals surface area (Å²) in [4.78, 5) is 44.7. The molecule has 0 atom stereocenters. The summed E-state index contributed by atoms with van der Waals surface area (Å²) in [6.45, 7) is 2.38. The molecule has 8 heteroatoms. The number of aromatic nitrogens is 4. The number of H-pyrrole nitrogens is 2. The molecule has 124 valence electrons. The summed E-state index contributed by atoms with van der Waals surface area (Å²) in [7, 11) is 1.60. The molecule has 0 aliphatic heterocycles. The Morgan fingerprint density at radius 2 is 2.04 bits per heavy atom. The van der Waals surface area contributed by atoms with Crippen molar-refractivity contribution < 1.29 is 4.79 Å². The Bertz CT molecular complexity index is 1010. The maximum Gasteiger partial charge on any atom is 0.272 e. The predicted octanol–water partition coefficient (Wildman–Crippen LogP) is 0.612. The van der Waals surface area contributed by atoms with Crippen molar-refractivity contribution in [1.82, 2.24) is 24.6 Å². The van der Waals surface area contributed by atoms with Crippen LogP contribution in [-0.4, -0.2) is 37.1 Å².